The molecule has 1 aliphatic rings. The van der Waals surface area contributed by atoms with Gasteiger partial charge in [0.2, 0.25) is 5.91 Å². The number of amides is 2. The summed E-state index contributed by atoms with van der Waals surface area (Å²) in [7, 11) is 1.60. The van der Waals surface area contributed by atoms with Gasteiger partial charge in [0.15, 0.2) is 0 Å². The maximum absolute atomic E-state index is 14.0. The van der Waals surface area contributed by atoms with Gasteiger partial charge in [-0.2, -0.15) is 0 Å². The summed E-state index contributed by atoms with van der Waals surface area (Å²) >= 11 is 1.45. The number of carbonyl (C=O) groups excluding carboxylic acids is 2. The van der Waals surface area contributed by atoms with Crippen LogP contribution in [0.3, 0.4) is 0 Å². The van der Waals surface area contributed by atoms with Crippen molar-refractivity contribution in [1.29, 1.82) is 0 Å². The molecule has 2 aromatic carbocycles. The first-order chi connectivity index (χ1) is 15.0. The molecule has 1 fully saturated rings. The summed E-state index contributed by atoms with van der Waals surface area (Å²) in [6, 6.07) is 18.0. The van der Waals surface area contributed by atoms with Crippen molar-refractivity contribution in [2.75, 3.05) is 7.05 Å². The standard InChI is InChI=1S/C25H23FN2O2S/c1-27-25(30)18-8-6-17(7-9-18)16-28(19-10-11-19)24(29)15-13-20-12-14-23(31-20)21-4-2-3-5-22(21)26/h2-9,12-15,19H,10-11,16H2,1H3,(H,27,30). The summed E-state index contributed by atoms with van der Waals surface area (Å²) in [5.74, 6) is -0.424. The van der Waals surface area contributed by atoms with Gasteiger partial charge in [-0.3, -0.25) is 9.59 Å². The molecule has 1 heterocycles. The highest BCUT2D eigenvalue weighted by atomic mass is 32.1. The lowest BCUT2D eigenvalue weighted by atomic mass is 10.1. The molecule has 2 amide bonds. The third-order valence-electron chi connectivity index (χ3n) is 5.22. The normalized spacial score (nSPS) is 13.4. The van der Waals surface area contributed by atoms with Crippen LogP contribution < -0.4 is 5.32 Å². The number of hydrogen-bond acceptors (Lipinski definition) is 3. The zero-order valence-corrected chi connectivity index (χ0v) is 18.0. The van der Waals surface area contributed by atoms with Gasteiger partial charge in [0.25, 0.3) is 5.91 Å². The van der Waals surface area contributed by atoms with Crippen molar-refractivity contribution >= 4 is 29.2 Å². The van der Waals surface area contributed by atoms with Crippen LogP contribution in [0.4, 0.5) is 4.39 Å². The molecule has 0 spiro atoms. The van der Waals surface area contributed by atoms with Gasteiger partial charge >= 0.3 is 0 Å². The summed E-state index contributed by atoms with van der Waals surface area (Å²) in [6.07, 6.45) is 5.40. The number of thiophene rings is 1. The second kappa shape index (κ2) is 9.27. The number of carbonyl (C=O) groups is 2. The zero-order chi connectivity index (χ0) is 21.8. The smallest absolute Gasteiger partial charge is 0.251 e. The Labute approximate surface area is 185 Å². The summed E-state index contributed by atoms with van der Waals surface area (Å²) in [5, 5.41) is 2.60. The second-order valence-corrected chi connectivity index (χ2v) is 8.60. The molecule has 1 aliphatic carbocycles. The summed E-state index contributed by atoms with van der Waals surface area (Å²) in [4.78, 5) is 28.2. The van der Waals surface area contributed by atoms with Crippen molar-refractivity contribution < 1.29 is 14.0 Å². The number of halogens is 1. The van der Waals surface area contributed by atoms with E-state index in [1.54, 1.807) is 43.5 Å². The Morgan fingerprint density at radius 1 is 1.10 bits per heavy atom. The van der Waals surface area contributed by atoms with Gasteiger partial charge in [0.1, 0.15) is 5.82 Å². The molecule has 1 N–H and O–H groups in total. The summed E-state index contributed by atoms with van der Waals surface area (Å²) in [5.41, 5.74) is 2.15. The Hall–Kier alpha value is -3.25. The Balaban J connectivity index is 1.44. The van der Waals surface area contributed by atoms with Crippen LogP contribution in [0.2, 0.25) is 0 Å². The van der Waals surface area contributed by atoms with E-state index in [4.69, 9.17) is 0 Å². The van der Waals surface area contributed by atoms with E-state index in [0.717, 1.165) is 28.2 Å². The first-order valence-electron chi connectivity index (χ1n) is 10.2. The number of rotatable bonds is 7. The molecular weight excluding hydrogens is 411 g/mol. The monoisotopic (exact) mass is 434 g/mol. The largest absolute Gasteiger partial charge is 0.355 e. The minimum absolute atomic E-state index is 0.0429. The van der Waals surface area contributed by atoms with Crippen molar-refractivity contribution in [2.45, 2.75) is 25.4 Å². The van der Waals surface area contributed by atoms with E-state index in [1.807, 2.05) is 35.2 Å². The van der Waals surface area contributed by atoms with Crippen molar-refractivity contribution in [2.24, 2.45) is 0 Å². The number of nitrogens with one attached hydrogen (secondary N) is 1. The first kappa shape index (κ1) is 21.0. The van der Waals surface area contributed by atoms with Gasteiger partial charge in [-0.25, -0.2) is 4.39 Å². The maximum Gasteiger partial charge on any atom is 0.251 e. The van der Waals surface area contributed by atoms with Crippen LogP contribution in [0, 0.1) is 5.82 Å². The molecule has 3 aromatic rings. The van der Waals surface area contributed by atoms with Crippen molar-refractivity contribution in [3.8, 4) is 10.4 Å². The molecule has 0 saturated heterocycles. The van der Waals surface area contributed by atoms with E-state index in [1.165, 1.54) is 17.4 Å². The molecule has 4 nitrogen and oxygen atoms in total. The lowest BCUT2D eigenvalue weighted by Gasteiger charge is -2.21. The van der Waals surface area contributed by atoms with E-state index in [9.17, 15) is 14.0 Å². The molecule has 31 heavy (non-hydrogen) atoms. The average Bonchev–Trinajstić information content (AvgIpc) is 3.53. The third kappa shape index (κ3) is 5.09. The van der Waals surface area contributed by atoms with E-state index in [0.29, 0.717) is 17.7 Å². The van der Waals surface area contributed by atoms with Gasteiger partial charge in [-0.1, -0.05) is 30.3 Å². The topological polar surface area (TPSA) is 49.4 Å². The van der Waals surface area contributed by atoms with Crippen molar-refractivity contribution in [3.63, 3.8) is 0 Å². The second-order valence-electron chi connectivity index (χ2n) is 7.49. The van der Waals surface area contributed by atoms with Crippen LogP contribution in [0.1, 0.15) is 33.6 Å². The highest BCUT2D eigenvalue weighted by molar-refractivity contribution is 7.16. The van der Waals surface area contributed by atoms with Gasteiger partial charge in [0.05, 0.1) is 0 Å². The molecule has 0 bridgehead atoms. The fourth-order valence-electron chi connectivity index (χ4n) is 3.37. The molecule has 6 heteroatoms. The van der Waals surface area contributed by atoms with Crippen LogP contribution in [-0.4, -0.2) is 29.8 Å². The minimum Gasteiger partial charge on any atom is -0.355 e. The van der Waals surface area contributed by atoms with Gasteiger partial charge in [-0.05, 0) is 54.8 Å². The van der Waals surface area contributed by atoms with Crippen molar-refractivity contribution in [1.82, 2.24) is 10.2 Å². The molecule has 158 valence electrons. The van der Waals surface area contributed by atoms with Crippen LogP contribution >= 0.6 is 11.3 Å². The molecular formula is C25H23FN2O2S. The summed E-state index contributed by atoms with van der Waals surface area (Å²) < 4.78 is 14.0. The third-order valence-corrected chi connectivity index (χ3v) is 6.31. The number of benzene rings is 2. The zero-order valence-electron chi connectivity index (χ0n) is 17.2. The van der Waals surface area contributed by atoms with Crippen molar-refractivity contribution in [3.05, 3.63) is 88.6 Å². The van der Waals surface area contributed by atoms with E-state index in [2.05, 4.69) is 5.32 Å². The lowest BCUT2D eigenvalue weighted by molar-refractivity contribution is -0.127. The fourth-order valence-corrected chi connectivity index (χ4v) is 4.31. The maximum atomic E-state index is 14.0. The molecule has 0 aliphatic heterocycles. The molecule has 1 aromatic heterocycles. The van der Waals surface area contributed by atoms with Crippen LogP contribution in [0.25, 0.3) is 16.5 Å². The Morgan fingerprint density at radius 2 is 1.84 bits per heavy atom. The SMILES string of the molecule is CNC(=O)c1ccc(CN(C(=O)C=Cc2ccc(-c3ccccc3F)s2)C2CC2)cc1. The highest BCUT2D eigenvalue weighted by Crippen LogP contribution is 2.31. The van der Waals surface area contributed by atoms with Gasteiger partial charge in [0, 0.05) is 46.6 Å². The van der Waals surface area contributed by atoms with Crippen LogP contribution in [0.15, 0.2) is 66.7 Å². The quantitative estimate of drug-likeness (QED) is 0.525. The fraction of sp³-hybridized carbons (Fsp3) is 0.200. The van der Waals surface area contributed by atoms with Gasteiger partial charge < -0.3 is 10.2 Å². The molecule has 0 unspecified atom stereocenters. The van der Waals surface area contributed by atoms with E-state index >= 15 is 0 Å². The molecule has 0 atom stereocenters. The minimum atomic E-state index is -0.252. The van der Waals surface area contributed by atoms with E-state index in [-0.39, 0.29) is 23.7 Å². The molecule has 1 saturated carbocycles. The van der Waals surface area contributed by atoms with Gasteiger partial charge in [-0.15, -0.1) is 11.3 Å². The van der Waals surface area contributed by atoms with E-state index < -0.39 is 0 Å². The molecule has 0 radical (unpaired) electrons. The Bertz CT molecular complexity index is 1120. The lowest BCUT2D eigenvalue weighted by Crippen LogP contribution is -2.31. The first-order valence-corrected chi connectivity index (χ1v) is 11.0. The average molecular weight is 435 g/mol. The Morgan fingerprint density at radius 3 is 2.52 bits per heavy atom. The van der Waals surface area contributed by atoms with Crippen LogP contribution in [-0.2, 0) is 11.3 Å². The summed E-state index contributed by atoms with van der Waals surface area (Å²) in [6.45, 7) is 0.507. The predicted molar refractivity (Wildman–Crippen MR) is 122 cm³/mol. The van der Waals surface area contributed by atoms with Crippen LogP contribution in [0.5, 0.6) is 0 Å². The Kier molecular flexibility index (Phi) is 6.28. The molecule has 4 rings (SSSR count). The number of hydrogen-bond donors (Lipinski definition) is 1. The highest BCUT2D eigenvalue weighted by Gasteiger charge is 2.31. The number of nitrogens with zero attached hydrogens (tertiary/aromatic N) is 1. The predicted octanol–water partition coefficient (Wildman–Crippen LogP) is 5.12.